The zero-order valence-electron chi connectivity index (χ0n) is 11.0. The van der Waals surface area contributed by atoms with Gasteiger partial charge >= 0.3 is 0 Å². The zero-order valence-corrected chi connectivity index (χ0v) is 11.8. The molecule has 0 amide bonds. The van der Waals surface area contributed by atoms with Crippen LogP contribution in [0.4, 0.5) is 0 Å². The standard InChI is InChI=1S/C17H15ClN2/c18-15-8-4-7-14(10-15)16(17-11-19-12-20-17)9-13-5-2-1-3-6-13/h2,4-12H,1,3H2,(H,19,20)/b16-9-. The van der Waals surface area contributed by atoms with Gasteiger partial charge in [-0.15, -0.1) is 0 Å². The Kier molecular flexibility index (Phi) is 3.84. The van der Waals surface area contributed by atoms with Gasteiger partial charge in [-0.25, -0.2) is 4.98 Å². The number of benzene rings is 1. The summed E-state index contributed by atoms with van der Waals surface area (Å²) in [6, 6.07) is 7.88. The Bertz CT molecular complexity index is 679. The van der Waals surface area contributed by atoms with Crippen LogP contribution in [-0.4, -0.2) is 9.97 Å². The normalized spacial score (nSPS) is 15.2. The molecule has 0 radical (unpaired) electrons. The fourth-order valence-corrected chi connectivity index (χ4v) is 2.47. The molecule has 1 heterocycles. The summed E-state index contributed by atoms with van der Waals surface area (Å²) in [6.07, 6.45) is 14.5. The zero-order chi connectivity index (χ0) is 13.8. The van der Waals surface area contributed by atoms with Crippen molar-refractivity contribution in [1.82, 2.24) is 9.97 Å². The van der Waals surface area contributed by atoms with E-state index in [1.54, 1.807) is 6.33 Å². The van der Waals surface area contributed by atoms with Gasteiger partial charge in [0.05, 0.1) is 18.2 Å². The third-order valence-electron chi connectivity index (χ3n) is 3.26. The first-order chi connectivity index (χ1) is 9.83. The van der Waals surface area contributed by atoms with Crippen LogP contribution < -0.4 is 0 Å². The van der Waals surface area contributed by atoms with Crippen LogP contribution in [-0.2, 0) is 0 Å². The Morgan fingerprint density at radius 3 is 2.95 bits per heavy atom. The molecule has 0 unspecified atom stereocenters. The first-order valence-electron chi connectivity index (χ1n) is 6.66. The van der Waals surface area contributed by atoms with E-state index in [9.17, 15) is 0 Å². The fourth-order valence-electron chi connectivity index (χ4n) is 2.28. The lowest BCUT2D eigenvalue weighted by atomic mass is 9.98. The molecular formula is C17H15ClN2. The molecule has 1 N–H and O–H groups in total. The predicted molar refractivity (Wildman–Crippen MR) is 83.6 cm³/mol. The molecule has 3 rings (SSSR count). The molecule has 3 heteroatoms. The highest BCUT2D eigenvalue weighted by Gasteiger charge is 2.08. The molecule has 0 bridgehead atoms. The topological polar surface area (TPSA) is 28.7 Å². The molecule has 20 heavy (non-hydrogen) atoms. The van der Waals surface area contributed by atoms with E-state index in [-0.39, 0.29) is 0 Å². The Morgan fingerprint density at radius 1 is 1.30 bits per heavy atom. The highest BCUT2D eigenvalue weighted by atomic mass is 35.5. The van der Waals surface area contributed by atoms with Crippen molar-refractivity contribution in [2.45, 2.75) is 12.8 Å². The number of hydrogen-bond donors (Lipinski definition) is 1. The van der Waals surface area contributed by atoms with Crippen molar-refractivity contribution in [3.63, 3.8) is 0 Å². The second-order valence-corrected chi connectivity index (χ2v) is 5.15. The minimum absolute atomic E-state index is 0.737. The lowest BCUT2D eigenvalue weighted by Crippen LogP contribution is -1.91. The SMILES string of the molecule is Clc1cccc(/C(=C/C2=CCCC=C2)c2cnc[nH]2)c1. The number of halogens is 1. The van der Waals surface area contributed by atoms with Crippen molar-refractivity contribution in [2.75, 3.05) is 0 Å². The Balaban J connectivity index is 2.07. The Hall–Kier alpha value is -2.06. The molecular weight excluding hydrogens is 268 g/mol. The predicted octanol–water partition coefficient (Wildman–Crippen LogP) is 4.77. The highest BCUT2D eigenvalue weighted by molar-refractivity contribution is 6.30. The van der Waals surface area contributed by atoms with Crippen LogP contribution in [0.2, 0.25) is 5.02 Å². The van der Waals surface area contributed by atoms with Crippen LogP contribution >= 0.6 is 11.6 Å². The number of hydrogen-bond acceptors (Lipinski definition) is 1. The van der Waals surface area contributed by atoms with Crippen molar-refractivity contribution in [1.29, 1.82) is 0 Å². The number of allylic oxidation sites excluding steroid dienone is 5. The molecule has 1 aromatic heterocycles. The van der Waals surface area contributed by atoms with E-state index < -0.39 is 0 Å². The molecule has 0 spiro atoms. The maximum atomic E-state index is 6.11. The smallest absolute Gasteiger partial charge is 0.0924 e. The van der Waals surface area contributed by atoms with Crippen molar-refractivity contribution >= 4 is 17.2 Å². The second-order valence-electron chi connectivity index (χ2n) is 4.72. The quantitative estimate of drug-likeness (QED) is 0.863. The fraction of sp³-hybridized carbons (Fsp3) is 0.118. The van der Waals surface area contributed by atoms with Gasteiger partial charge in [-0.05, 0) is 42.2 Å². The average Bonchev–Trinajstić information content (AvgIpc) is 3.00. The van der Waals surface area contributed by atoms with Gasteiger partial charge in [-0.1, -0.05) is 42.0 Å². The van der Waals surface area contributed by atoms with Crippen LogP contribution in [0.1, 0.15) is 24.1 Å². The third kappa shape index (κ3) is 2.91. The van der Waals surface area contributed by atoms with Gasteiger partial charge < -0.3 is 4.98 Å². The first-order valence-corrected chi connectivity index (χ1v) is 7.04. The van der Waals surface area contributed by atoms with E-state index in [4.69, 9.17) is 11.6 Å². The Labute approximate surface area is 123 Å². The molecule has 0 atom stereocenters. The molecule has 2 nitrogen and oxygen atoms in total. The average molecular weight is 283 g/mol. The number of aromatic amines is 1. The van der Waals surface area contributed by atoms with Crippen molar-refractivity contribution < 1.29 is 0 Å². The van der Waals surface area contributed by atoms with E-state index in [0.717, 1.165) is 34.7 Å². The summed E-state index contributed by atoms with van der Waals surface area (Å²) in [5.74, 6) is 0. The molecule has 0 fully saturated rings. The van der Waals surface area contributed by atoms with Crippen LogP contribution in [0.3, 0.4) is 0 Å². The summed E-state index contributed by atoms with van der Waals surface area (Å²) in [4.78, 5) is 7.29. The Morgan fingerprint density at radius 2 is 2.25 bits per heavy atom. The van der Waals surface area contributed by atoms with Crippen molar-refractivity contribution in [3.05, 3.63) is 82.9 Å². The number of nitrogens with one attached hydrogen (secondary N) is 1. The second kappa shape index (κ2) is 5.93. The molecule has 0 saturated carbocycles. The van der Waals surface area contributed by atoms with Crippen LogP contribution in [0.15, 0.2) is 66.7 Å². The van der Waals surface area contributed by atoms with E-state index in [1.165, 1.54) is 5.57 Å². The molecule has 2 aromatic rings. The van der Waals surface area contributed by atoms with Crippen molar-refractivity contribution in [3.8, 4) is 0 Å². The summed E-state index contributed by atoms with van der Waals surface area (Å²) in [5, 5.41) is 0.737. The number of H-pyrrole nitrogens is 1. The van der Waals surface area contributed by atoms with Gasteiger partial charge in [0, 0.05) is 10.6 Å². The molecule has 1 aliphatic carbocycles. The number of nitrogens with zero attached hydrogens (tertiary/aromatic N) is 1. The lowest BCUT2D eigenvalue weighted by molar-refractivity contribution is 1.02. The minimum atomic E-state index is 0.737. The lowest BCUT2D eigenvalue weighted by Gasteiger charge is -2.09. The molecule has 1 aromatic carbocycles. The summed E-state index contributed by atoms with van der Waals surface area (Å²) in [6.45, 7) is 0. The van der Waals surface area contributed by atoms with E-state index in [1.807, 2.05) is 24.4 Å². The molecule has 0 aliphatic heterocycles. The summed E-state index contributed by atoms with van der Waals surface area (Å²) in [7, 11) is 0. The number of imidazole rings is 1. The third-order valence-corrected chi connectivity index (χ3v) is 3.49. The van der Waals surface area contributed by atoms with Crippen LogP contribution in [0.5, 0.6) is 0 Å². The van der Waals surface area contributed by atoms with Gasteiger partial charge in [0.15, 0.2) is 0 Å². The molecule has 100 valence electrons. The highest BCUT2D eigenvalue weighted by Crippen LogP contribution is 2.26. The maximum absolute atomic E-state index is 6.11. The van der Waals surface area contributed by atoms with E-state index in [0.29, 0.717) is 0 Å². The number of rotatable bonds is 3. The van der Waals surface area contributed by atoms with Gasteiger partial charge in [0.25, 0.3) is 0 Å². The van der Waals surface area contributed by atoms with E-state index in [2.05, 4.69) is 40.3 Å². The van der Waals surface area contributed by atoms with Gasteiger partial charge in [-0.2, -0.15) is 0 Å². The maximum Gasteiger partial charge on any atom is 0.0924 e. The minimum Gasteiger partial charge on any atom is -0.345 e. The summed E-state index contributed by atoms with van der Waals surface area (Å²) >= 11 is 6.11. The van der Waals surface area contributed by atoms with Crippen molar-refractivity contribution in [2.24, 2.45) is 0 Å². The van der Waals surface area contributed by atoms with E-state index >= 15 is 0 Å². The van der Waals surface area contributed by atoms with Gasteiger partial charge in [-0.3, -0.25) is 0 Å². The van der Waals surface area contributed by atoms with Crippen LogP contribution in [0.25, 0.3) is 5.57 Å². The largest absolute Gasteiger partial charge is 0.345 e. The molecule has 1 aliphatic rings. The van der Waals surface area contributed by atoms with Gasteiger partial charge in [0.1, 0.15) is 0 Å². The first kappa shape index (κ1) is 12.9. The summed E-state index contributed by atoms with van der Waals surface area (Å²) in [5.41, 5.74) is 4.40. The molecule has 0 saturated heterocycles. The van der Waals surface area contributed by atoms with Gasteiger partial charge in [0.2, 0.25) is 0 Å². The number of aromatic nitrogens is 2. The monoisotopic (exact) mass is 282 g/mol. The summed E-state index contributed by atoms with van der Waals surface area (Å²) < 4.78 is 0. The van der Waals surface area contributed by atoms with Crippen LogP contribution in [0, 0.1) is 0 Å².